The van der Waals surface area contributed by atoms with E-state index in [1.54, 1.807) is 28.4 Å². The first-order chi connectivity index (χ1) is 14.2. The highest BCUT2D eigenvalue weighted by Gasteiger charge is 2.62. The van der Waals surface area contributed by atoms with Crippen LogP contribution >= 0.6 is 7.87 Å². The molecule has 2 saturated heterocycles. The standard InChI is InChI=1S/C20H44N4O4P/c1-25-17-13-23(14-18-26-2)29(21-9-5-6-10-21,22-11-7-8-12-22)24(15-19-27-3)16-20-28-4/h5-20H2,1-4H3/q+1. The number of nitrogens with zero attached hydrogens (tertiary/aromatic N) is 4. The molecular weight excluding hydrogens is 391 g/mol. The molecule has 0 radical (unpaired) electrons. The van der Waals surface area contributed by atoms with Gasteiger partial charge in [-0.15, -0.1) is 18.7 Å². The average molecular weight is 436 g/mol. The van der Waals surface area contributed by atoms with Crippen molar-refractivity contribution >= 4 is 7.87 Å². The smallest absolute Gasteiger partial charge is 0.308 e. The zero-order valence-electron chi connectivity index (χ0n) is 19.2. The molecule has 0 aromatic carbocycles. The predicted octanol–water partition coefficient (Wildman–Crippen LogP) is 2.05. The number of ether oxygens (including phenoxy) is 4. The van der Waals surface area contributed by atoms with E-state index in [0.717, 1.165) is 78.8 Å². The summed E-state index contributed by atoms with van der Waals surface area (Å²) in [6.45, 7) is 11.2. The zero-order valence-corrected chi connectivity index (χ0v) is 20.1. The van der Waals surface area contributed by atoms with Crippen LogP contribution in [0.2, 0.25) is 0 Å². The molecule has 0 bridgehead atoms. The van der Waals surface area contributed by atoms with E-state index in [0.29, 0.717) is 0 Å². The van der Waals surface area contributed by atoms with E-state index in [2.05, 4.69) is 18.7 Å². The first-order valence-corrected chi connectivity index (χ1v) is 12.7. The lowest BCUT2D eigenvalue weighted by Gasteiger charge is -2.49. The van der Waals surface area contributed by atoms with Crippen molar-refractivity contribution in [3.8, 4) is 0 Å². The van der Waals surface area contributed by atoms with E-state index >= 15 is 0 Å². The van der Waals surface area contributed by atoms with Gasteiger partial charge >= 0.3 is 7.87 Å². The SMILES string of the molecule is COCCN(CCOC)[P+](N1CCCC1)(N1CCCC1)N(CCOC)CCOC. The van der Waals surface area contributed by atoms with Crippen molar-refractivity contribution in [1.29, 1.82) is 0 Å². The summed E-state index contributed by atoms with van der Waals surface area (Å²) in [5, 5.41) is 0. The van der Waals surface area contributed by atoms with Crippen LogP contribution in [0.1, 0.15) is 25.7 Å². The molecule has 29 heavy (non-hydrogen) atoms. The molecule has 2 aliphatic rings. The minimum Gasteiger partial charge on any atom is -0.383 e. The van der Waals surface area contributed by atoms with Crippen molar-refractivity contribution in [2.75, 3.05) is 107 Å². The Morgan fingerprint density at radius 1 is 0.552 bits per heavy atom. The van der Waals surface area contributed by atoms with Gasteiger partial charge in [0.1, 0.15) is 0 Å². The maximum absolute atomic E-state index is 5.55. The van der Waals surface area contributed by atoms with Crippen LogP contribution in [0, 0.1) is 0 Å². The molecule has 9 heteroatoms. The van der Waals surface area contributed by atoms with Crippen LogP contribution in [0.4, 0.5) is 0 Å². The Kier molecular flexibility index (Phi) is 12.4. The molecule has 0 amide bonds. The monoisotopic (exact) mass is 435 g/mol. The summed E-state index contributed by atoms with van der Waals surface area (Å²) in [5.74, 6) is 0. The second-order valence-corrected chi connectivity index (χ2v) is 11.1. The molecule has 2 fully saturated rings. The Hall–Kier alpha value is 0.110. The second kappa shape index (κ2) is 14.2. The summed E-state index contributed by atoms with van der Waals surface area (Å²) in [6.07, 6.45) is 5.11. The molecule has 0 aromatic heterocycles. The number of hydrogen-bond acceptors (Lipinski definition) is 8. The molecule has 172 valence electrons. The predicted molar refractivity (Wildman–Crippen MR) is 119 cm³/mol. The van der Waals surface area contributed by atoms with E-state index in [9.17, 15) is 0 Å². The van der Waals surface area contributed by atoms with Crippen molar-refractivity contribution in [3.05, 3.63) is 0 Å². The van der Waals surface area contributed by atoms with Crippen LogP contribution in [0.15, 0.2) is 0 Å². The summed E-state index contributed by atoms with van der Waals surface area (Å²) in [7, 11) is 5.28. The van der Waals surface area contributed by atoms with Gasteiger partial charge in [-0.25, -0.2) is 0 Å². The van der Waals surface area contributed by atoms with Crippen LogP contribution in [0.3, 0.4) is 0 Å². The highest BCUT2D eigenvalue weighted by molar-refractivity contribution is 7.66. The normalized spacial score (nSPS) is 19.2. The fraction of sp³-hybridized carbons (Fsp3) is 1.00. The van der Waals surface area contributed by atoms with Crippen molar-refractivity contribution < 1.29 is 18.9 Å². The average Bonchev–Trinajstić information content (AvgIpc) is 3.46. The number of methoxy groups -OCH3 is 4. The van der Waals surface area contributed by atoms with E-state index in [-0.39, 0.29) is 0 Å². The molecule has 0 spiro atoms. The van der Waals surface area contributed by atoms with Gasteiger partial charge in [0.05, 0.1) is 52.6 Å². The Bertz CT molecular complexity index is 369. The van der Waals surface area contributed by atoms with Gasteiger partial charge < -0.3 is 18.9 Å². The lowest BCUT2D eigenvalue weighted by atomic mass is 10.4. The maximum atomic E-state index is 5.55. The number of rotatable bonds is 16. The van der Waals surface area contributed by atoms with E-state index in [1.807, 2.05) is 0 Å². The summed E-state index contributed by atoms with van der Waals surface area (Å²) < 4.78 is 33.2. The minimum atomic E-state index is -1.92. The zero-order chi connectivity index (χ0) is 21.0. The Morgan fingerprint density at radius 2 is 0.828 bits per heavy atom. The van der Waals surface area contributed by atoms with Gasteiger partial charge in [-0.3, -0.25) is 0 Å². The Morgan fingerprint density at radius 3 is 1.07 bits per heavy atom. The molecule has 0 unspecified atom stereocenters. The van der Waals surface area contributed by atoms with E-state index in [1.165, 1.54) is 25.7 Å². The van der Waals surface area contributed by atoms with Gasteiger partial charge in [-0.05, 0) is 25.7 Å². The fourth-order valence-corrected chi connectivity index (χ4v) is 9.74. The molecule has 0 saturated carbocycles. The van der Waals surface area contributed by atoms with Crippen molar-refractivity contribution in [2.24, 2.45) is 0 Å². The molecular formula is C20H44N4O4P+. The van der Waals surface area contributed by atoms with E-state index in [4.69, 9.17) is 18.9 Å². The second-order valence-electron chi connectivity index (χ2n) is 7.74. The minimum absolute atomic E-state index is 0.732. The van der Waals surface area contributed by atoms with Crippen LogP contribution in [-0.4, -0.2) is 126 Å². The highest BCUT2D eigenvalue weighted by atomic mass is 31.2. The molecule has 0 aromatic rings. The molecule has 2 heterocycles. The maximum Gasteiger partial charge on any atom is 0.308 e. The van der Waals surface area contributed by atoms with Gasteiger partial charge in [0.15, 0.2) is 0 Å². The summed E-state index contributed by atoms with van der Waals surface area (Å²) in [6, 6.07) is 0. The molecule has 0 atom stereocenters. The van der Waals surface area contributed by atoms with Gasteiger partial charge in [-0.2, -0.15) is 0 Å². The molecule has 0 N–H and O–H groups in total. The first kappa shape index (κ1) is 25.4. The molecule has 2 rings (SSSR count). The molecule has 0 aliphatic carbocycles. The number of hydrogen-bond donors (Lipinski definition) is 0. The van der Waals surface area contributed by atoms with Crippen molar-refractivity contribution in [3.63, 3.8) is 0 Å². The van der Waals surface area contributed by atoms with Gasteiger partial charge in [0, 0.05) is 54.6 Å². The van der Waals surface area contributed by atoms with Crippen LogP contribution in [-0.2, 0) is 18.9 Å². The quantitative estimate of drug-likeness (QED) is 0.342. The van der Waals surface area contributed by atoms with E-state index < -0.39 is 7.87 Å². The third kappa shape index (κ3) is 6.55. The van der Waals surface area contributed by atoms with Gasteiger partial charge in [0.2, 0.25) is 0 Å². The summed E-state index contributed by atoms with van der Waals surface area (Å²) in [4.78, 5) is 0. The van der Waals surface area contributed by atoms with Crippen LogP contribution in [0.25, 0.3) is 0 Å². The summed E-state index contributed by atoms with van der Waals surface area (Å²) in [5.41, 5.74) is 0. The van der Waals surface area contributed by atoms with Gasteiger partial charge in [-0.1, -0.05) is 0 Å². The van der Waals surface area contributed by atoms with Crippen molar-refractivity contribution in [1.82, 2.24) is 18.7 Å². The summed E-state index contributed by atoms with van der Waals surface area (Å²) >= 11 is 0. The lowest BCUT2D eigenvalue weighted by Crippen LogP contribution is -2.54. The fourth-order valence-electron chi connectivity index (χ4n) is 4.56. The topological polar surface area (TPSA) is 49.9 Å². The lowest BCUT2D eigenvalue weighted by molar-refractivity contribution is 0.118. The third-order valence-electron chi connectivity index (χ3n) is 5.90. The first-order valence-electron chi connectivity index (χ1n) is 11.1. The van der Waals surface area contributed by atoms with Crippen LogP contribution in [0.5, 0.6) is 0 Å². The van der Waals surface area contributed by atoms with Crippen molar-refractivity contribution in [2.45, 2.75) is 25.7 Å². The van der Waals surface area contributed by atoms with Gasteiger partial charge in [0.25, 0.3) is 0 Å². The largest absolute Gasteiger partial charge is 0.383 e. The Balaban J connectivity index is 2.48. The highest BCUT2D eigenvalue weighted by Crippen LogP contribution is 2.71. The molecule has 2 aliphatic heterocycles. The van der Waals surface area contributed by atoms with Crippen LogP contribution < -0.4 is 0 Å². The molecule has 8 nitrogen and oxygen atoms in total. The third-order valence-corrected chi connectivity index (χ3v) is 10.5. The Labute approximate surface area is 178 Å².